The van der Waals surface area contributed by atoms with Crippen LogP contribution < -0.4 is 24.4 Å². The maximum atomic E-state index is 12.7. The molecule has 0 atom stereocenters. The van der Waals surface area contributed by atoms with Crippen molar-refractivity contribution < 1.29 is 19.0 Å². The topological polar surface area (TPSA) is 60.0 Å². The summed E-state index contributed by atoms with van der Waals surface area (Å²) in [6.07, 6.45) is 5.90. The molecule has 2 aromatic rings. The highest BCUT2D eigenvalue weighted by atomic mass is 16.5. The van der Waals surface area contributed by atoms with Crippen molar-refractivity contribution in [2.45, 2.75) is 38.5 Å². The molecule has 30 heavy (non-hydrogen) atoms. The normalized spacial score (nSPS) is 14.0. The van der Waals surface area contributed by atoms with E-state index in [1.165, 1.54) is 25.7 Å². The number of nitrogens with zero attached hydrogens (tertiary/aromatic N) is 1. The predicted octanol–water partition coefficient (Wildman–Crippen LogP) is 4.66. The number of carbonyl (C=O) groups is 1. The maximum absolute atomic E-state index is 12.7. The van der Waals surface area contributed by atoms with Crippen molar-refractivity contribution in [3.63, 3.8) is 0 Å². The molecule has 3 rings (SSSR count). The minimum atomic E-state index is -0.00831. The smallest absolute Gasteiger partial charge is 0.224 e. The Morgan fingerprint density at radius 3 is 2.17 bits per heavy atom. The fourth-order valence-corrected chi connectivity index (χ4v) is 3.92. The van der Waals surface area contributed by atoms with E-state index < -0.39 is 0 Å². The molecule has 0 spiro atoms. The highest BCUT2D eigenvalue weighted by Crippen LogP contribution is 2.38. The minimum Gasteiger partial charge on any atom is -0.493 e. The van der Waals surface area contributed by atoms with Crippen LogP contribution in [0.1, 0.15) is 37.7 Å². The molecule has 1 aliphatic heterocycles. The summed E-state index contributed by atoms with van der Waals surface area (Å²) >= 11 is 0. The molecule has 1 heterocycles. The molecule has 162 valence electrons. The zero-order valence-electron chi connectivity index (χ0n) is 18.2. The van der Waals surface area contributed by atoms with Crippen molar-refractivity contribution in [2.75, 3.05) is 44.6 Å². The van der Waals surface area contributed by atoms with Crippen LogP contribution in [0, 0.1) is 0 Å². The molecule has 0 bridgehead atoms. The Hall–Kier alpha value is -2.89. The van der Waals surface area contributed by atoms with E-state index in [1.54, 1.807) is 21.3 Å². The molecule has 1 amide bonds. The monoisotopic (exact) mass is 412 g/mol. The number of aryl methyl sites for hydroxylation is 1. The predicted molar refractivity (Wildman–Crippen MR) is 120 cm³/mol. The lowest BCUT2D eigenvalue weighted by Crippen LogP contribution is -2.25. The van der Waals surface area contributed by atoms with Gasteiger partial charge in [-0.1, -0.05) is 25.0 Å². The van der Waals surface area contributed by atoms with Crippen molar-refractivity contribution in [1.29, 1.82) is 0 Å². The number of carbonyl (C=O) groups excluding carboxylic acids is 1. The summed E-state index contributed by atoms with van der Waals surface area (Å²) in [6, 6.07) is 11.9. The summed E-state index contributed by atoms with van der Waals surface area (Å²) in [5, 5.41) is 3.11. The van der Waals surface area contributed by atoms with Crippen molar-refractivity contribution >= 4 is 17.3 Å². The van der Waals surface area contributed by atoms with Crippen molar-refractivity contribution in [1.82, 2.24) is 0 Å². The van der Waals surface area contributed by atoms with E-state index in [0.717, 1.165) is 30.0 Å². The number of ether oxygens (including phenoxy) is 3. The molecule has 1 aliphatic rings. The van der Waals surface area contributed by atoms with Gasteiger partial charge in [0.1, 0.15) is 0 Å². The third-order valence-corrected chi connectivity index (χ3v) is 5.49. The number of para-hydroxylation sites is 2. The Bertz CT molecular complexity index is 820. The zero-order chi connectivity index (χ0) is 21.3. The first-order valence-corrected chi connectivity index (χ1v) is 10.6. The number of hydrogen-bond acceptors (Lipinski definition) is 5. The van der Waals surface area contributed by atoms with Crippen LogP contribution in [0.3, 0.4) is 0 Å². The third-order valence-electron chi connectivity index (χ3n) is 5.49. The first-order chi connectivity index (χ1) is 14.7. The van der Waals surface area contributed by atoms with E-state index in [2.05, 4.69) is 16.3 Å². The van der Waals surface area contributed by atoms with Gasteiger partial charge < -0.3 is 24.4 Å². The average molecular weight is 413 g/mol. The second kappa shape index (κ2) is 10.8. The van der Waals surface area contributed by atoms with E-state index in [0.29, 0.717) is 30.1 Å². The van der Waals surface area contributed by atoms with Gasteiger partial charge in [-0.3, -0.25) is 4.79 Å². The van der Waals surface area contributed by atoms with E-state index >= 15 is 0 Å². The Labute approximate surface area is 179 Å². The number of methoxy groups -OCH3 is 3. The summed E-state index contributed by atoms with van der Waals surface area (Å²) in [4.78, 5) is 15.1. The standard InChI is InChI=1S/C24H32N2O4/c1-28-21-16-18(17-22(29-2)24(21)30-3)12-13-23(27)25-19-10-6-7-11-20(19)26-14-8-4-5-9-15-26/h6-7,10-11,16-17H,4-5,8-9,12-15H2,1-3H3,(H,25,27). The lowest BCUT2D eigenvalue weighted by atomic mass is 10.1. The fraction of sp³-hybridized carbons (Fsp3) is 0.458. The number of anilines is 2. The van der Waals surface area contributed by atoms with Crippen molar-refractivity contribution in [3.05, 3.63) is 42.0 Å². The average Bonchev–Trinajstić information content (AvgIpc) is 3.06. The van der Waals surface area contributed by atoms with E-state index in [-0.39, 0.29) is 5.91 Å². The highest BCUT2D eigenvalue weighted by Gasteiger charge is 2.16. The molecule has 0 saturated carbocycles. The molecule has 6 heteroatoms. The van der Waals surface area contributed by atoms with Gasteiger partial charge >= 0.3 is 0 Å². The molecule has 1 saturated heterocycles. The van der Waals surface area contributed by atoms with Gasteiger partial charge in [-0.05, 0) is 49.1 Å². The summed E-state index contributed by atoms with van der Waals surface area (Å²) in [5.74, 6) is 1.74. The molecule has 1 fully saturated rings. The molecule has 0 aromatic heterocycles. The first kappa shape index (κ1) is 21.8. The van der Waals surface area contributed by atoms with Gasteiger partial charge in [-0.15, -0.1) is 0 Å². The van der Waals surface area contributed by atoms with E-state index in [9.17, 15) is 4.79 Å². The molecule has 0 aliphatic carbocycles. The number of hydrogen-bond donors (Lipinski definition) is 1. The zero-order valence-corrected chi connectivity index (χ0v) is 18.2. The lowest BCUT2D eigenvalue weighted by molar-refractivity contribution is -0.116. The Balaban J connectivity index is 1.67. The first-order valence-electron chi connectivity index (χ1n) is 10.6. The van der Waals surface area contributed by atoms with Gasteiger partial charge in [0.25, 0.3) is 0 Å². The van der Waals surface area contributed by atoms with Crippen LogP contribution in [0.4, 0.5) is 11.4 Å². The van der Waals surface area contributed by atoms with Crippen LogP contribution in [0.5, 0.6) is 17.2 Å². The Kier molecular flexibility index (Phi) is 7.82. The van der Waals surface area contributed by atoms with Gasteiger partial charge in [0.05, 0.1) is 32.7 Å². The van der Waals surface area contributed by atoms with Crippen LogP contribution in [0.2, 0.25) is 0 Å². The number of nitrogens with one attached hydrogen (secondary N) is 1. The Morgan fingerprint density at radius 1 is 0.933 bits per heavy atom. The van der Waals surface area contributed by atoms with Crippen molar-refractivity contribution in [3.8, 4) is 17.2 Å². The molecular formula is C24H32N2O4. The van der Waals surface area contributed by atoms with E-state index in [4.69, 9.17) is 14.2 Å². The maximum Gasteiger partial charge on any atom is 0.224 e. The molecule has 1 N–H and O–H groups in total. The van der Waals surface area contributed by atoms with Gasteiger partial charge in [0.2, 0.25) is 11.7 Å². The fourth-order valence-electron chi connectivity index (χ4n) is 3.92. The third kappa shape index (κ3) is 5.38. The van der Waals surface area contributed by atoms with E-state index in [1.807, 2.05) is 30.3 Å². The van der Waals surface area contributed by atoms with Crippen LogP contribution in [-0.2, 0) is 11.2 Å². The largest absolute Gasteiger partial charge is 0.493 e. The molecular weight excluding hydrogens is 380 g/mol. The minimum absolute atomic E-state index is 0.00831. The number of rotatable bonds is 8. The van der Waals surface area contributed by atoms with Gasteiger partial charge in [-0.2, -0.15) is 0 Å². The molecule has 2 aromatic carbocycles. The summed E-state index contributed by atoms with van der Waals surface area (Å²) in [5.41, 5.74) is 2.95. The Morgan fingerprint density at radius 2 is 1.57 bits per heavy atom. The van der Waals surface area contributed by atoms with Gasteiger partial charge in [0.15, 0.2) is 11.5 Å². The number of amides is 1. The molecule has 6 nitrogen and oxygen atoms in total. The lowest BCUT2D eigenvalue weighted by Gasteiger charge is -2.25. The second-order valence-electron chi connectivity index (χ2n) is 7.50. The van der Waals surface area contributed by atoms with Gasteiger partial charge in [-0.25, -0.2) is 0 Å². The molecule has 0 radical (unpaired) electrons. The second-order valence-corrected chi connectivity index (χ2v) is 7.50. The summed E-state index contributed by atoms with van der Waals surface area (Å²) < 4.78 is 16.2. The SMILES string of the molecule is COc1cc(CCC(=O)Nc2ccccc2N2CCCCCC2)cc(OC)c1OC. The van der Waals surface area contributed by atoms with Crippen LogP contribution in [0.15, 0.2) is 36.4 Å². The van der Waals surface area contributed by atoms with Crippen LogP contribution in [0.25, 0.3) is 0 Å². The van der Waals surface area contributed by atoms with Gasteiger partial charge in [0, 0.05) is 19.5 Å². The summed E-state index contributed by atoms with van der Waals surface area (Å²) in [6.45, 7) is 2.08. The van der Waals surface area contributed by atoms with Crippen molar-refractivity contribution in [2.24, 2.45) is 0 Å². The summed E-state index contributed by atoms with van der Waals surface area (Å²) in [7, 11) is 4.76. The number of benzene rings is 2. The van der Waals surface area contributed by atoms with Crippen LogP contribution >= 0.6 is 0 Å². The molecule has 0 unspecified atom stereocenters. The highest BCUT2D eigenvalue weighted by molar-refractivity contribution is 5.94. The quantitative estimate of drug-likeness (QED) is 0.683. The van der Waals surface area contributed by atoms with Crippen LogP contribution in [-0.4, -0.2) is 40.3 Å².